The number of aryl methyl sites for hydroxylation is 2. The van der Waals surface area contributed by atoms with E-state index in [4.69, 9.17) is 0 Å². The zero-order valence-electron chi connectivity index (χ0n) is 8.67. The number of rotatable bonds is 3. The second kappa shape index (κ2) is 4.31. The largest absolute Gasteiger partial charge is 0.507 e. The van der Waals surface area contributed by atoms with E-state index in [1.807, 2.05) is 25.1 Å². The van der Waals surface area contributed by atoms with Crippen LogP contribution in [0.1, 0.15) is 31.4 Å². The van der Waals surface area contributed by atoms with E-state index in [0.29, 0.717) is 11.7 Å². The summed E-state index contributed by atoms with van der Waals surface area (Å²) in [7, 11) is 0. The van der Waals surface area contributed by atoms with Crippen molar-refractivity contribution in [1.29, 1.82) is 0 Å². The van der Waals surface area contributed by atoms with Crippen molar-refractivity contribution in [3.63, 3.8) is 0 Å². The SMILES string of the molecule is Cc1cccc(CCC(C)C)c1O. The monoisotopic (exact) mass is 178 g/mol. The molecule has 0 aromatic heterocycles. The van der Waals surface area contributed by atoms with Crippen molar-refractivity contribution < 1.29 is 5.11 Å². The Labute approximate surface area is 80.4 Å². The molecular weight excluding hydrogens is 160 g/mol. The minimum absolute atomic E-state index is 0.475. The van der Waals surface area contributed by atoms with Crippen molar-refractivity contribution >= 4 is 0 Å². The van der Waals surface area contributed by atoms with Crippen molar-refractivity contribution in [2.75, 3.05) is 0 Å². The van der Waals surface area contributed by atoms with Crippen LogP contribution >= 0.6 is 0 Å². The van der Waals surface area contributed by atoms with Crippen molar-refractivity contribution in [2.24, 2.45) is 5.92 Å². The lowest BCUT2D eigenvalue weighted by Crippen LogP contribution is -1.93. The average Bonchev–Trinajstić information content (AvgIpc) is 2.07. The maximum absolute atomic E-state index is 9.71. The van der Waals surface area contributed by atoms with Crippen molar-refractivity contribution in [2.45, 2.75) is 33.6 Å². The summed E-state index contributed by atoms with van der Waals surface area (Å²) in [6.07, 6.45) is 2.11. The Hall–Kier alpha value is -0.980. The minimum Gasteiger partial charge on any atom is -0.507 e. The summed E-state index contributed by atoms with van der Waals surface area (Å²) in [5.74, 6) is 1.17. The van der Waals surface area contributed by atoms with Gasteiger partial charge in [-0.1, -0.05) is 32.0 Å². The van der Waals surface area contributed by atoms with Crippen LogP contribution in [-0.4, -0.2) is 5.11 Å². The zero-order chi connectivity index (χ0) is 9.84. The molecule has 0 heterocycles. The van der Waals surface area contributed by atoms with Crippen LogP contribution in [0.2, 0.25) is 0 Å². The number of phenols is 1. The van der Waals surface area contributed by atoms with Crippen LogP contribution in [0.25, 0.3) is 0 Å². The maximum atomic E-state index is 9.71. The Morgan fingerprint density at radius 1 is 1.31 bits per heavy atom. The Kier molecular flexibility index (Phi) is 3.35. The predicted octanol–water partition coefficient (Wildman–Crippen LogP) is 3.29. The summed E-state index contributed by atoms with van der Waals surface area (Å²) in [5.41, 5.74) is 2.05. The highest BCUT2D eigenvalue weighted by atomic mass is 16.3. The molecule has 0 bridgehead atoms. The second-order valence-electron chi connectivity index (χ2n) is 4.02. The average molecular weight is 178 g/mol. The third-order valence-corrected chi connectivity index (χ3v) is 2.31. The molecule has 0 amide bonds. The number of para-hydroxylation sites is 1. The Balaban J connectivity index is 2.71. The van der Waals surface area contributed by atoms with E-state index in [1.165, 1.54) is 0 Å². The molecule has 0 aliphatic carbocycles. The molecule has 1 aromatic carbocycles. The van der Waals surface area contributed by atoms with E-state index >= 15 is 0 Å². The zero-order valence-corrected chi connectivity index (χ0v) is 8.67. The van der Waals surface area contributed by atoms with E-state index in [9.17, 15) is 5.11 Å². The first-order chi connectivity index (χ1) is 6.11. The molecule has 0 fully saturated rings. The molecule has 0 saturated carbocycles. The number of hydrogen-bond donors (Lipinski definition) is 1. The van der Waals surface area contributed by atoms with Crippen LogP contribution in [0.5, 0.6) is 5.75 Å². The normalized spacial score (nSPS) is 10.8. The highest BCUT2D eigenvalue weighted by molar-refractivity contribution is 5.39. The molecule has 1 nitrogen and oxygen atoms in total. The van der Waals surface area contributed by atoms with E-state index in [0.717, 1.165) is 24.0 Å². The van der Waals surface area contributed by atoms with Gasteiger partial charge in [0.05, 0.1) is 0 Å². The summed E-state index contributed by atoms with van der Waals surface area (Å²) in [5, 5.41) is 9.71. The molecular formula is C12H18O. The van der Waals surface area contributed by atoms with Gasteiger partial charge < -0.3 is 5.11 Å². The predicted molar refractivity (Wildman–Crippen MR) is 56.0 cm³/mol. The Bertz CT molecular complexity index is 276. The first-order valence-corrected chi connectivity index (χ1v) is 4.88. The van der Waals surface area contributed by atoms with Gasteiger partial charge in [0.1, 0.15) is 5.75 Å². The fourth-order valence-corrected chi connectivity index (χ4v) is 1.37. The van der Waals surface area contributed by atoms with Crippen LogP contribution in [0.4, 0.5) is 0 Å². The van der Waals surface area contributed by atoms with Crippen LogP contribution in [0.3, 0.4) is 0 Å². The molecule has 0 radical (unpaired) electrons. The van der Waals surface area contributed by atoms with Crippen LogP contribution in [-0.2, 0) is 6.42 Å². The third-order valence-electron chi connectivity index (χ3n) is 2.31. The van der Waals surface area contributed by atoms with Gasteiger partial charge in [0.25, 0.3) is 0 Å². The molecule has 0 atom stereocenters. The topological polar surface area (TPSA) is 20.2 Å². The summed E-state index contributed by atoms with van der Waals surface area (Å²) in [4.78, 5) is 0. The minimum atomic E-state index is 0.475. The highest BCUT2D eigenvalue weighted by Gasteiger charge is 2.03. The molecule has 1 N–H and O–H groups in total. The highest BCUT2D eigenvalue weighted by Crippen LogP contribution is 2.23. The quantitative estimate of drug-likeness (QED) is 0.753. The van der Waals surface area contributed by atoms with E-state index in [1.54, 1.807) is 0 Å². The lowest BCUT2D eigenvalue weighted by Gasteiger charge is -2.08. The van der Waals surface area contributed by atoms with E-state index in [-0.39, 0.29) is 0 Å². The molecule has 0 aliphatic rings. The summed E-state index contributed by atoms with van der Waals surface area (Å²) >= 11 is 0. The maximum Gasteiger partial charge on any atom is 0.121 e. The number of benzene rings is 1. The molecule has 0 unspecified atom stereocenters. The third kappa shape index (κ3) is 2.76. The van der Waals surface area contributed by atoms with Crippen LogP contribution in [0, 0.1) is 12.8 Å². The number of aromatic hydroxyl groups is 1. The van der Waals surface area contributed by atoms with Gasteiger partial charge in [-0.15, -0.1) is 0 Å². The lowest BCUT2D eigenvalue weighted by molar-refractivity contribution is 0.459. The van der Waals surface area contributed by atoms with Gasteiger partial charge in [-0.05, 0) is 36.8 Å². The van der Waals surface area contributed by atoms with Gasteiger partial charge in [-0.25, -0.2) is 0 Å². The molecule has 0 spiro atoms. The smallest absolute Gasteiger partial charge is 0.121 e. The molecule has 1 rings (SSSR count). The van der Waals surface area contributed by atoms with Gasteiger partial charge in [-0.2, -0.15) is 0 Å². The fraction of sp³-hybridized carbons (Fsp3) is 0.500. The van der Waals surface area contributed by atoms with Gasteiger partial charge in [0, 0.05) is 0 Å². The fourth-order valence-electron chi connectivity index (χ4n) is 1.37. The first-order valence-electron chi connectivity index (χ1n) is 4.88. The molecule has 0 saturated heterocycles. The van der Waals surface area contributed by atoms with E-state index < -0.39 is 0 Å². The summed E-state index contributed by atoms with van der Waals surface area (Å²) in [6.45, 7) is 6.34. The second-order valence-corrected chi connectivity index (χ2v) is 4.02. The van der Waals surface area contributed by atoms with Gasteiger partial charge in [0.15, 0.2) is 0 Å². The van der Waals surface area contributed by atoms with Crippen molar-refractivity contribution in [3.05, 3.63) is 29.3 Å². The van der Waals surface area contributed by atoms with Gasteiger partial charge in [0.2, 0.25) is 0 Å². The molecule has 13 heavy (non-hydrogen) atoms. The van der Waals surface area contributed by atoms with Crippen LogP contribution in [0.15, 0.2) is 18.2 Å². The van der Waals surface area contributed by atoms with Gasteiger partial charge in [-0.3, -0.25) is 0 Å². The van der Waals surface area contributed by atoms with Crippen molar-refractivity contribution in [3.8, 4) is 5.75 Å². The standard InChI is InChI=1S/C12H18O/c1-9(2)7-8-11-6-4-5-10(3)12(11)13/h4-6,9,13H,7-8H2,1-3H3. The van der Waals surface area contributed by atoms with E-state index in [2.05, 4.69) is 13.8 Å². The molecule has 0 aliphatic heterocycles. The Morgan fingerprint density at radius 3 is 2.62 bits per heavy atom. The molecule has 1 heteroatoms. The first kappa shape index (κ1) is 10.1. The number of phenolic OH excluding ortho intramolecular Hbond substituents is 1. The molecule has 72 valence electrons. The summed E-state index contributed by atoms with van der Waals surface area (Å²) in [6, 6.07) is 5.95. The lowest BCUT2D eigenvalue weighted by atomic mass is 10.0. The Morgan fingerprint density at radius 2 is 2.00 bits per heavy atom. The van der Waals surface area contributed by atoms with Crippen LogP contribution < -0.4 is 0 Å². The van der Waals surface area contributed by atoms with Crippen molar-refractivity contribution in [1.82, 2.24) is 0 Å². The number of hydrogen-bond acceptors (Lipinski definition) is 1. The summed E-state index contributed by atoms with van der Waals surface area (Å²) < 4.78 is 0. The van der Waals surface area contributed by atoms with Gasteiger partial charge >= 0.3 is 0 Å². The molecule has 1 aromatic rings.